The molecule has 0 bridgehead atoms. The van der Waals surface area contributed by atoms with Crippen molar-refractivity contribution in [1.82, 2.24) is 0 Å². The van der Waals surface area contributed by atoms with Crippen LogP contribution in [0.1, 0.15) is 19.3 Å². The lowest BCUT2D eigenvalue weighted by atomic mass is 9.82. The van der Waals surface area contributed by atoms with Gasteiger partial charge in [0.25, 0.3) is 0 Å². The molecule has 2 saturated carbocycles. The number of ether oxygens (including phenoxy) is 2. The van der Waals surface area contributed by atoms with Crippen LogP contribution in [0.15, 0.2) is 36.5 Å². The van der Waals surface area contributed by atoms with Crippen LogP contribution in [0.5, 0.6) is 0 Å². The van der Waals surface area contributed by atoms with Gasteiger partial charge >= 0.3 is 5.97 Å². The number of carbonyl (C=O) groups is 1. The van der Waals surface area contributed by atoms with Crippen LogP contribution in [0, 0.1) is 17.8 Å². The summed E-state index contributed by atoms with van der Waals surface area (Å²) in [5.74, 6) is -2.13. The highest BCUT2D eigenvalue weighted by Crippen LogP contribution is 2.50. The lowest BCUT2D eigenvalue weighted by Gasteiger charge is -2.40. The maximum absolute atomic E-state index is 11.4. The molecule has 0 radical (unpaired) electrons. The quantitative estimate of drug-likeness (QED) is 0.248. The summed E-state index contributed by atoms with van der Waals surface area (Å²) in [5.41, 5.74) is 1.34. The Morgan fingerprint density at radius 3 is 2.33 bits per heavy atom. The molecule has 30 heavy (non-hydrogen) atoms. The molecule has 6 N–H and O–H groups in total. The van der Waals surface area contributed by atoms with Crippen LogP contribution in [-0.4, -0.2) is 86.1 Å². The molecule has 9 heteroatoms. The van der Waals surface area contributed by atoms with Crippen LogP contribution in [0.3, 0.4) is 0 Å². The number of hydrogen-bond acceptors (Lipinski definition) is 8. The summed E-state index contributed by atoms with van der Waals surface area (Å²) < 4.78 is 11.3. The lowest BCUT2D eigenvalue weighted by molar-refractivity contribution is -0.308. The maximum Gasteiger partial charge on any atom is 0.331 e. The molecular weight excluding hydrogens is 396 g/mol. The third-order valence-corrected chi connectivity index (χ3v) is 6.68. The van der Waals surface area contributed by atoms with Crippen LogP contribution in [0.4, 0.5) is 0 Å². The summed E-state index contributed by atoms with van der Waals surface area (Å²) in [4.78, 5) is 11.4. The normalized spacial score (nSPS) is 44.4. The molecule has 3 fully saturated rings. The second-order valence-electron chi connectivity index (χ2n) is 8.45. The minimum atomic E-state index is -1.55. The van der Waals surface area contributed by atoms with E-state index in [9.17, 15) is 35.4 Å². The van der Waals surface area contributed by atoms with E-state index in [2.05, 4.69) is 19.7 Å². The van der Waals surface area contributed by atoms with Gasteiger partial charge in [-0.2, -0.15) is 0 Å². The first-order valence-electron chi connectivity index (χ1n) is 9.99. The first-order valence-corrected chi connectivity index (χ1v) is 9.99. The number of aliphatic carboxylic acids is 1. The van der Waals surface area contributed by atoms with Gasteiger partial charge in [0.05, 0.1) is 18.8 Å². The predicted octanol–water partition coefficient (Wildman–Crippen LogP) is -0.668. The predicted molar refractivity (Wildman–Crippen MR) is 104 cm³/mol. The van der Waals surface area contributed by atoms with Crippen molar-refractivity contribution in [3.63, 3.8) is 0 Å². The summed E-state index contributed by atoms with van der Waals surface area (Å²) in [5, 5.41) is 59.3. The van der Waals surface area contributed by atoms with E-state index >= 15 is 0 Å². The highest BCUT2D eigenvalue weighted by Gasteiger charge is 2.49. The van der Waals surface area contributed by atoms with Gasteiger partial charge in [-0.15, -0.1) is 0 Å². The zero-order valence-corrected chi connectivity index (χ0v) is 16.6. The third kappa shape index (κ3) is 4.11. The molecule has 3 rings (SSSR count). The maximum atomic E-state index is 11.4. The Morgan fingerprint density at radius 2 is 1.73 bits per heavy atom. The van der Waals surface area contributed by atoms with Crippen LogP contribution in [-0.2, 0) is 14.3 Å². The molecule has 0 aromatic heterocycles. The van der Waals surface area contributed by atoms with Crippen molar-refractivity contribution in [2.24, 2.45) is 17.8 Å². The average molecular weight is 426 g/mol. The fraction of sp³-hybridized carbons (Fsp3) is 0.667. The van der Waals surface area contributed by atoms with Gasteiger partial charge in [-0.1, -0.05) is 25.3 Å². The highest BCUT2D eigenvalue weighted by atomic mass is 16.7. The molecular formula is C21H30O9. The minimum Gasteiger partial charge on any atom is -0.478 e. The number of carboxylic acids is 1. The van der Waals surface area contributed by atoms with Crippen LogP contribution < -0.4 is 0 Å². The fourth-order valence-electron chi connectivity index (χ4n) is 4.82. The van der Waals surface area contributed by atoms with Crippen molar-refractivity contribution >= 4 is 5.97 Å². The summed E-state index contributed by atoms with van der Waals surface area (Å²) in [6.07, 6.45) is -7.39. The number of aliphatic hydroxyl groups is 5. The molecule has 1 aliphatic heterocycles. The van der Waals surface area contributed by atoms with Crippen molar-refractivity contribution in [2.45, 2.75) is 62.2 Å². The van der Waals surface area contributed by atoms with Crippen molar-refractivity contribution in [3.8, 4) is 0 Å². The monoisotopic (exact) mass is 426 g/mol. The van der Waals surface area contributed by atoms with E-state index in [0.717, 1.165) is 5.57 Å². The van der Waals surface area contributed by atoms with E-state index in [4.69, 9.17) is 9.47 Å². The number of hydrogen-bond donors (Lipinski definition) is 6. The molecule has 2 aliphatic carbocycles. The molecule has 0 spiro atoms. The fourth-order valence-corrected chi connectivity index (χ4v) is 4.82. The Labute approximate surface area is 174 Å². The molecule has 9 nitrogen and oxygen atoms in total. The molecule has 1 saturated heterocycles. The second kappa shape index (κ2) is 8.88. The Hall–Kier alpha value is -1.59. The highest BCUT2D eigenvalue weighted by molar-refractivity contribution is 5.86. The van der Waals surface area contributed by atoms with Gasteiger partial charge in [-0.3, -0.25) is 0 Å². The van der Waals surface area contributed by atoms with E-state index in [0.29, 0.717) is 18.4 Å². The topological polar surface area (TPSA) is 157 Å². The lowest BCUT2D eigenvalue weighted by Crippen LogP contribution is -2.59. The van der Waals surface area contributed by atoms with Gasteiger partial charge in [-0.05, 0) is 36.7 Å². The smallest absolute Gasteiger partial charge is 0.331 e. The summed E-state index contributed by atoms with van der Waals surface area (Å²) >= 11 is 0. The largest absolute Gasteiger partial charge is 0.478 e. The van der Waals surface area contributed by atoms with Crippen LogP contribution in [0.25, 0.3) is 0 Å². The standard InChI is InChI=1S/C21H30O9/c1-8-4-14(23)13(10(3)20(27)28)5-12-9(2)15(6-11(8)12)29-21-19(26)18(25)17(24)16(7-22)30-21/h11-19,21-26H,1-7H2,(H,27,28)/t11-,12-,13+,14-,15-,16+,17+,18-,19+,21+/m0/s1. The van der Waals surface area contributed by atoms with Crippen LogP contribution in [0.2, 0.25) is 0 Å². The zero-order valence-electron chi connectivity index (χ0n) is 16.6. The van der Waals surface area contributed by atoms with Gasteiger partial charge in [0.2, 0.25) is 0 Å². The number of aliphatic hydroxyl groups excluding tert-OH is 5. The minimum absolute atomic E-state index is 0.0675. The molecule has 3 aliphatic rings. The molecule has 0 amide bonds. The molecule has 0 aromatic rings. The Morgan fingerprint density at radius 1 is 1.07 bits per heavy atom. The van der Waals surface area contributed by atoms with E-state index in [1.165, 1.54) is 0 Å². The van der Waals surface area contributed by atoms with Crippen molar-refractivity contribution in [3.05, 3.63) is 36.5 Å². The van der Waals surface area contributed by atoms with Gasteiger partial charge in [-0.25, -0.2) is 4.79 Å². The molecule has 0 unspecified atom stereocenters. The van der Waals surface area contributed by atoms with Crippen molar-refractivity contribution in [2.75, 3.05) is 6.61 Å². The van der Waals surface area contributed by atoms with E-state index in [1.807, 2.05) is 0 Å². The summed E-state index contributed by atoms with van der Waals surface area (Å²) in [6.45, 7) is 11.2. The Kier molecular flexibility index (Phi) is 6.83. The Bertz CT molecular complexity index is 717. The van der Waals surface area contributed by atoms with Gasteiger partial charge in [0.1, 0.15) is 24.4 Å². The number of carboxylic acid groups (broad SMARTS) is 1. The Balaban J connectivity index is 1.76. The van der Waals surface area contributed by atoms with Gasteiger partial charge in [0.15, 0.2) is 6.29 Å². The van der Waals surface area contributed by atoms with E-state index in [1.54, 1.807) is 0 Å². The number of rotatable bonds is 5. The van der Waals surface area contributed by atoms with Gasteiger partial charge in [0, 0.05) is 11.5 Å². The zero-order chi connectivity index (χ0) is 22.3. The van der Waals surface area contributed by atoms with Crippen molar-refractivity contribution < 1.29 is 44.9 Å². The molecule has 168 valence electrons. The van der Waals surface area contributed by atoms with Gasteiger partial charge < -0.3 is 40.1 Å². The SMILES string of the molecule is C=C(C(=O)O)[C@H]1C[C@H]2C(=C)[C@@H](O[C@@H]3O[C@H](CO)[C@@H](O)[C@H](O)[C@H]3O)C[C@H]2C(=C)C[C@@H]1O. The average Bonchev–Trinajstić information content (AvgIpc) is 2.94. The first-order chi connectivity index (χ1) is 14.1. The molecule has 1 heterocycles. The molecule has 10 atom stereocenters. The van der Waals surface area contributed by atoms with Crippen LogP contribution >= 0.6 is 0 Å². The molecule has 0 aromatic carbocycles. The summed E-state index contributed by atoms with van der Waals surface area (Å²) in [7, 11) is 0. The first kappa shape index (κ1) is 23.1. The second-order valence-corrected chi connectivity index (χ2v) is 8.45. The van der Waals surface area contributed by atoms with E-state index < -0.39 is 61.4 Å². The van der Waals surface area contributed by atoms with Crippen molar-refractivity contribution in [1.29, 1.82) is 0 Å². The summed E-state index contributed by atoms with van der Waals surface area (Å²) in [6, 6.07) is 0. The van der Waals surface area contributed by atoms with E-state index in [-0.39, 0.29) is 23.8 Å². The third-order valence-electron chi connectivity index (χ3n) is 6.68. The number of fused-ring (bicyclic) bond motifs is 1.